The van der Waals surface area contributed by atoms with Crippen LogP contribution in [-0.2, 0) is 12.7 Å². The van der Waals surface area contributed by atoms with Crippen LogP contribution in [0.4, 0.5) is 26.3 Å². The van der Waals surface area contributed by atoms with Gasteiger partial charge in [-0.25, -0.2) is 4.68 Å². The molecule has 1 aliphatic heterocycles. The molecule has 6 nitrogen and oxygen atoms in total. The third-order valence-electron chi connectivity index (χ3n) is 6.35. The van der Waals surface area contributed by atoms with Crippen LogP contribution in [0.5, 0.6) is 5.75 Å². The van der Waals surface area contributed by atoms with Gasteiger partial charge in [0.25, 0.3) is 0 Å². The molecule has 1 saturated heterocycles. The molecule has 0 aliphatic carbocycles. The molecule has 0 unspecified atom stereocenters. The van der Waals surface area contributed by atoms with Crippen molar-refractivity contribution in [1.82, 2.24) is 24.9 Å². The molecule has 1 aromatic heterocycles. The number of halogens is 6. The Balaban J connectivity index is 1.48. The van der Waals surface area contributed by atoms with E-state index < -0.39 is 18.1 Å². The first kappa shape index (κ1) is 27.9. The average molecular weight is 542 g/mol. The summed E-state index contributed by atoms with van der Waals surface area (Å²) in [5.41, 5.74) is 1.48. The van der Waals surface area contributed by atoms with Crippen LogP contribution in [0.15, 0.2) is 54.7 Å². The summed E-state index contributed by atoms with van der Waals surface area (Å²) in [6, 6.07) is 9.96. The van der Waals surface area contributed by atoms with Gasteiger partial charge < -0.3 is 19.9 Å². The molecule has 2 heterocycles. The lowest BCUT2D eigenvalue weighted by Crippen LogP contribution is -2.45. The number of nitrogens with zero attached hydrogens (tertiary/aromatic N) is 4. The molecule has 3 aromatic rings. The molecule has 0 radical (unpaired) electrons. The summed E-state index contributed by atoms with van der Waals surface area (Å²) >= 11 is 0. The van der Waals surface area contributed by atoms with E-state index in [2.05, 4.69) is 32.0 Å². The van der Waals surface area contributed by atoms with Gasteiger partial charge in [0.2, 0.25) is 0 Å². The quantitative estimate of drug-likeness (QED) is 0.299. The van der Waals surface area contributed by atoms with Crippen LogP contribution in [0.3, 0.4) is 0 Å². The molecule has 38 heavy (non-hydrogen) atoms. The molecule has 12 heteroatoms. The zero-order valence-electron chi connectivity index (χ0n) is 20.8. The largest absolute Gasteiger partial charge is 0.573 e. The van der Waals surface area contributed by atoms with Gasteiger partial charge in [0.1, 0.15) is 5.75 Å². The van der Waals surface area contributed by atoms with Crippen LogP contribution in [-0.4, -0.2) is 72.3 Å². The molecule has 0 spiro atoms. The van der Waals surface area contributed by atoms with Gasteiger partial charge in [-0.3, -0.25) is 0 Å². The van der Waals surface area contributed by atoms with Crippen LogP contribution in [0.2, 0.25) is 0 Å². The summed E-state index contributed by atoms with van der Waals surface area (Å²) in [7, 11) is 2.11. The molecule has 0 saturated carbocycles. The van der Waals surface area contributed by atoms with Crippen molar-refractivity contribution in [1.29, 1.82) is 0 Å². The van der Waals surface area contributed by atoms with Gasteiger partial charge in [-0.1, -0.05) is 0 Å². The summed E-state index contributed by atoms with van der Waals surface area (Å²) in [6.07, 6.45) is -6.60. The number of hydrogen-bond acceptors (Lipinski definition) is 5. The average Bonchev–Trinajstić information content (AvgIpc) is 3.28. The number of benzene rings is 2. The second-order valence-electron chi connectivity index (χ2n) is 9.24. The topological polar surface area (TPSA) is 45.6 Å². The highest BCUT2D eigenvalue weighted by Crippen LogP contribution is 2.31. The fourth-order valence-electron chi connectivity index (χ4n) is 4.25. The second-order valence-corrected chi connectivity index (χ2v) is 9.24. The first-order chi connectivity index (χ1) is 18.0. The zero-order chi connectivity index (χ0) is 27.3. The van der Waals surface area contributed by atoms with E-state index in [1.807, 2.05) is 0 Å². The van der Waals surface area contributed by atoms with Crippen molar-refractivity contribution in [2.75, 3.05) is 46.3 Å². The third-order valence-corrected chi connectivity index (χ3v) is 6.35. The fraction of sp³-hybridized carbons (Fsp3) is 0.423. The van der Waals surface area contributed by atoms with E-state index in [1.54, 1.807) is 6.20 Å². The second kappa shape index (κ2) is 11.7. The molecular formula is C26H29F6N5O. The highest BCUT2D eigenvalue weighted by Gasteiger charge is 2.31. The number of rotatable bonds is 9. The minimum absolute atomic E-state index is 0.355. The van der Waals surface area contributed by atoms with Crippen LogP contribution in [0, 0.1) is 0 Å². The molecule has 1 fully saturated rings. The smallest absolute Gasteiger partial charge is 0.406 e. The number of hydrogen-bond donors (Lipinski definition) is 1. The van der Waals surface area contributed by atoms with Crippen molar-refractivity contribution in [2.45, 2.75) is 25.5 Å². The lowest BCUT2D eigenvalue weighted by Gasteiger charge is -2.32. The van der Waals surface area contributed by atoms with E-state index in [1.165, 1.54) is 41.1 Å². The number of ether oxygens (including phenoxy) is 1. The Bertz CT molecular complexity index is 1170. The summed E-state index contributed by atoms with van der Waals surface area (Å²) in [5, 5.41) is 7.93. The van der Waals surface area contributed by atoms with Gasteiger partial charge in [0.15, 0.2) is 0 Å². The Morgan fingerprint density at radius 3 is 2.16 bits per heavy atom. The zero-order valence-corrected chi connectivity index (χ0v) is 20.8. The van der Waals surface area contributed by atoms with Gasteiger partial charge >= 0.3 is 12.5 Å². The fourth-order valence-corrected chi connectivity index (χ4v) is 4.25. The van der Waals surface area contributed by atoms with Crippen molar-refractivity contribution in [3.8, 4) is 22.7 Å². The maximum Gasteiger partial charge on any atom is 0.573 e. The number of alkyl halides is 6. The van der Waals surface area contributed by atoms with Gasteiger partial charge in [0.05, 0.1) is 16.9 Å². The Morgan fingerprint density at radius 1 is 0.895 bits per heavy atom. The summed E-state index contributed by atoms with van der Waals surface area (Å²) in [4.78, 5) is 4.71. The normalized spacial score (nSPS) is 15.7. The predicted molar refractivity (Wildman–Crippen MR) is 131 cm³/mol. The Labute approximate surface area is 216 Å². The number of piperazine rings is 1. The van der Waals surface area contributed by atoms with Crippen LogP contribution in [0.25, 0.3) is 16.9 Å². The van der Waals surface area contributed by atoms with Crippen molar-refractivity contribution in [3.63, 3.8) is 0 Å². The van der Waals surface area contributed by atoms with Crippen LogP contribution in [0.1, 0.15) is 17.5 Å². The summed E-state index contributed by atoms with van der Waals surface area (Å²) in [5.74, 6) is -0.355. The SMILES string of the molecule is CN1CCN(CCCNCc2cn(-c3ccc(C(F)(F)F)cc3)nc2-c2ccc(OC(F)(F)F)cc2)CC1. The summed E-state index contributed by atoms with van der Waals surface area (Å²) < 4.78 is 81.9. The number of aromatic nitrogens is 2. The Morgan fingerprint density at radius 2 is 1.55 bits per heavy atom. The highest BCUT2D eigenvalue weighted by atomic mass is 19.4. The molecule has 4 rings (SSSR count). The number of nitrogens with one attached hydrogen (secondary N) is 1. The van der Waals surface area contributed by atoms with Crippen molar-refractivity contribution in [3.05, 3.63) is 65.9 Å². The van der Waals surface area contributed by atoms with E-state index in [-0.39, 0.29) is 5.75 Å². The standard InChI is InChI=1S/C26H29F6N5O/c1-35-13-15-36(16-14-35)12-2-11-33-17-20-18-37(22-7-5-21(6-8-22)25(27,28)29)34-24(20)19-3-9-23(10-4-19)38-26(30,31)32/h3-10,18,33H,2,11-17H2,1H3. The van der Waals surface area contributed by atoms with Gasteiger partial charge in [0, 0.05) is 50.0 Å². The van der Waals surface area contributed by atoms with E-state index in [4.69, 9.17) is 0 Å². The Hall–Kier alpha value is -3.09. The minimum Gasteiger partial charge on any atom is -0.406 e. The summed E-state index contributed by atoms with van der Waals surface area (Å²) in [6.45, 7) is 6.32. The van der Waals surface area contributed by atoms with Crippen molar-refractivity contribution < 1.29 is 31.1 Å². The van der Waals surface area contributed by atoms with Crippen LogP contribution < -0.4 is 10.1 Å². The molecule has 0 bridgehead atoms. The van der Waals surface area contributed by atoms with Gasteiger partial charge in [-0.2, -0.15) is 18.3 Å². The van der Waals surface area contributed by atoms with E-state index in [0.29, 0.717) is 23.5 Å². The molecule has 1 aliphatic rings. The minimum atomic E-state index is -4.80. The maximum atomic E-state index is 13.0. The molecule has 1 N–H and O–H groups in total. The van der Waals surface area contributed by atoms with E-state index >= 15 is 0 Å². The van der Waals surface area contributed by atoms with E-state index in [9.17, 15) is 26.3 Å². The molecule has 2 aromatic carbocycles. The monoisotopic (exact) mass is 541 g/mol. The Kier molecular flexibility index (Phi) is 8.64. The lowest BCUT2D eigenvalue weighted by molar-refractivity contribution is -0.274. The predicted octanol–water partition coefficient (Wildman–Crippen LogP) is 5.18. The molecule has 0 atom stereocenters. The van der Waals surface area contributed by atoms with Crippen molar-refractivity contribution in [2.24, 2.45) is 0 Å². The molecule has 0 amide bonds. The first-order valence-corrected chi connectivity index (χ1v) is 12.2. The van der Waals surface area contributed by atoms with Gasteiger partial charge in [-0.15, -0.1) is 13.2 Å². The van der Waals surface area contributed by atoms with Crippen LogP contribution >= 0.6 is 0 Å². The van der Waals surface area contributed by atoms with Gasteiger partial charge in [-0.05, 0) is 75.1 Å². The molecule has 206 valence electrons. The van der Waals surface area contributed by atoms with Crippen molar-refractivity contribution >= 4 is 0 Å². The van der Waals surface area contributed by atoms with E-state index in [0.717, 1.165) is 63.4 Å². The highest BCUT2D eigenvalue weighted by molar-refractivity contribution is 5.64. The maximum absolute atomic E-state index is 13.0. The lowest BCUT2D eigenvalue weighted by atomic mass is 10.1. The number of likely N-dealkylation sites (N-methyl/N-ethyl adjacent to an activating group) is 1. The molecular weight excluding hydrogens is 512 g/mol. The third kappa shape index (κ3) is 7.71. The first-order valence-electron chi connectivity index (χ1n) is 12.2.